The summed E-state index contributed by atoms with van der Waals surface area (Å²) in [6.45, 7) is 5.27. The van der Waals surface area contributed by atoms with Crippen molar-refractivity contribution in [2.45, 2.75) is 33.2 Å². The van der Waals surface area contributed by atoms with E-state index < -0.39 is 5.97 Å². The first-order chi connectivity index (χ1) is 17.0. The van der Waals surface area contributed by atoms with Crippen molar-refractivity contribution in [1.29, 1.82) is 0 Å². The van der Waals surface area contributed by atoms with E-state index >= 15 is 0 Å². The quantitative estimate of drug-likeness (QED) is 0.212. The molecule has 182 valence electrons. The van der Waals surface area contributed by atoms with Gasteiger partial charge in [0.25, 0.3) is 5.56 Å². The van der Waals surface area contributed by atoms with Gasteiger partial charge in [0, 0.05) is 6.54 Å². The van der Waals surface area contributed by atoms with Crippen LogP contribution in [-0.4, -0.2) is 35.3 Å². The predicted octanol–water partition coefficient (Wildman–Crippen LogP) is 5.17. The molecule has 0 aliphatic heterocycles. The summed E-state index contributed by atoms with van der Waals surface area (Å²) in [6.07, 6.45) is 3.13. The molecule has 8 heteroatoms. The molecule has 2 aromatic heterocycles. The number of carbonyl (C=O) groups excluding carboxylic acids is 1. The number of unbranched alkanes of at least 4 members (excludes halogenated alkanes) is 1. The van der Waals surface area contributed by atoms with Crippen molar-refractivity contribution in [3.63, 3.8) is 0 Å². The molecule has 0 spiro atoms. The van der Waals surface area contributed by atoms with Gasteiger partial charge in [-0.1, -0.05) is 35.9 Å². The standard InChI is InChI=1S/C27H28N2O5S/c1-19-10-12-22(13-11-19)32-15-7-6-14-29-18-28-25-23(26(29)30)20(2)24(35-25)27(31)34-17-16-33-21-8-4-3-5-9-21/h3-5,8-13,18H,6-7,14-17H2,1-2H3. The van der Waals surface area contributed by atoms with Gasteiger partial charge < -0.3 is 14.2 Å². The number of aromatic nitrogens is 2. The summed E-state index contributed by atoms with van der Waals surface area (Å²) in [5.41, 5.74) is 1.65. The lowest BCUT2D eigenvalue weighted by molar-refractivity contribution is 0.0455. The van der Waals surface area contributed by atoms with Crippen LogP contribution in [-0.2, 0) is 11.3 Å². The number of para-hydroxylation sites is 1. The number of ether oxygens (including phenoxy) is 3. The third-order valence-electron chi connectivity index (χ3n) is 5.51. The highest BCUT2D eigenvalue weighted by atomic mass is 32.1. The number of rotatable bonds is 11. The molecule has 0 saturated carbocycles. The summed E-state index contributed by atoms with van der Waals surface area (Å²) in [5.74, 6) is 1.09. The number of nitrogens with zero attached hydrogens (tertiary/aromatic N) is 2. The molecular formula is C27H28N2O5S. The van der Waals surface area contributed by atoms with Crippen molar-refractivity contribution in [2.75, 3.05) is 19.8 Å². The zero-order valence-corrected chi connectivity index (χ0v) is 20.7. The molecule has 0 amide bonds. The third kappa shape index (κ3) is 6.27. The Hall–Kier alpha value is -3.65. The first-order valence-electron chi connectivity index (χ1n) is 11.6. The van der Waals surface area contributed by atoms with Crippen LogP contribution in [0.15, 0.2) is 65.7 Å². The molecule has 0 saturated heterocycles. The molecule has 0 fully saturated rings. The Morgan fingerprint density at radius 1 is 0.914 bits per heavy atom. The normalized spacial score (nSPS) is 10.9. The highest BCUT2D eigenvalue weighted by Crippen LogP contribution is 2.27. The van der Waals surface area contributed by atoms with E-state index in [1.54, 1.807) is 17.8 Å². The summed E-state index contributed by atoms with van der Waals surface area (Å²) in [4.78, 5) is 31.0. The zero-order chi connectivity index (χ0) is 24.6. The predicted molar refractivity (Wildman–Crippen MR) is 137 cm³/mol. The van der Waals surface area contributed by atoms with Gasteiger partial charge in [0.1, 0.15) is 34.4 Å². The van der Waals surface area contributed by atoms with E-state index in [1.165, 1.54) is 16.9 Å². The van der Waals surface area contributed by atoms with Crippen molar-refractivity contribution in [1.82, 2.24) is 9.55 Å². The Labute approximate surface area is 207 Å². The van der Waals surface area contributed by atoms with Crippen molar-refractivity contribution in [3.8, 4) is 11.5 Å². The molecule has 4 aromatic rings. The van der Waals surface area contributed by atoms with Crippen LogP contribution in [0.4, 0.5) is 0 Å². The molecule has 0 atom stereocenters. The summed E-state index contributed by atoms with van der Waals surface area (Å²) < 4.78 is 18.3. The fourth-order valence-electron chi connectivity index (χ4n) is 3.60. The van der Waals surface area contributed by atoms with Gasteiger partial charge in [-0.25, -0.2) is 9.78 Å². The first kappa shape index (κ1) is 24.5. The Morgan fingerprint density at radius 2 is 1.63 bits per heavy atom. The molecule has 0 unspecified atom stereocenters. The van der Waals surface area contributed by atoms with Crippen LogP contribution < -0.4 is 15.0 Å². The van der Waals surface area contributed by atoms with Crippen LogP contribution in [0.2, 0.25) is 0 Å². The molecule has 7 nitrogen and oxygen atoms in total. The average molecular weight is 493 g/mol. The number of carbonyl (C=O) groups is 1. The van der Waals surface area contributed by atoms with Gasteiger partial charge in [0.2, 0.25) is 0 Å². The number of benzene rings is 2. The summed E-state index contributed by atoms with van der Waals surface area (Å²) in [6, 6.07) is 17.3. The van der Waals surface area contributed by atoms with Crippen LogP contribution in [0.3, 0.4) is 0 Å². The molecule has 2 heterocycles. The van der Waals surface area contributed by atoms with Gasteiger partial charge in [-0.3, -0.25) is 9.36 Å². The number of fused-ring (bicyclic) bond motifs is 1. The Kier molecular flexibility index (Phi) is 8.15. The topological polar surface area (TPSA) is 79.7 Å². The fourth-order valence-corrected chi connectivity index (χ4v) is 4.63. The molecule has 0 aliphatic carbocycles. The van der Waals surface area contributed by atoms with Crippen LogP contribution >= 0.6 is 11.3 Å². The van der Waals surface area contributed by atoms with Crippen LogP contribution in [0.25, 0.3) is 10.2 Å². The largest absolute Gasteiger partial charge is 0.494 e. The van der Waals surface area contributed by atoms with Crippen LogP contribution in [0.1, 0.15) is 33.6 Å². The SMILES string of the molecule is Cc1ccc(OCCCCn2cnc3sc(C(=O)OCCOc4ccccc4)c(C)c3c2=O)cc1. The van der Waals surface area contributed by atoms with E-state index in [1.807, 2.05) is 61.5 Å². The van der Waals surface area contributed by atoms with E-state index in [2.05, 4.69) is 4.98 Å². The Morgan fingerprint density at radius 3 is 2.40 bits per heavy atom. The van der Waals surface area contributed by atoms with Crippen LogP contribution in [0.5, 0.6) is 11.5 Å². The van der Waals surface area contributed by atoms with Crippen LogP contribution in [0, 0.1) is 13.8 Å². The lowest BCUT2D eigenvalue weighted by Crippen LogP contribution is -2.21. The van der Waals surface area contributed by atoms with Crippen molar-refractivity contribution in [3.05, 3.63) is 87.3 Å². The number of hydrogen-bond donors (Lipinski definition) is 0. The van der Waals surface area contributed by atoms with E-state index in [0.29, 0.717) is 39.6 Å². The lowest BCUT2D eigenvalue weighted by atomic mass is 10.2. The first-order valence-corrected chi connectivity index (χ1v) is 12.4. The molecule has 0 N–H and O–H groups in total. The van der Waals surface area contributed by atoms with E-state index in [-0.39, 0.29) is 18.8 Å². The molecule has 0 radical (unpaired) electrons. The smallest absolute Gasteiger partial charge is 0.348 e. The minimum absolute atomic E-state index is 0.115. The second-order valence-electron chi connectivity index (χ2n) is 8.15. The Balaban J connectivity index is 1.31. The average Bonchev–Trinajstić information content (AvgIpc) is 3.21. The van der Waals surface area contributed by atoms with Crippen molar-refractivity contribution < 1.29 is 19.0 Å². The van der Waals surface area contributed by atoms with Crippen molar-refractivity contribution in [2.24, 2.45) is 0 Å². The van der Waals surface area contributed by atoms with E-state index in [0.717, 1.165) is 18.6 Å². The highest BCUT2D eigenvalue weighted by Gasteiger charge is 2.20. The number of aryl methyl sites for hydroxylation is 3. The number of esters is 1. The monoisotopic (exact) mass is 492 g/mol. The van der Waals surface area contributed by atoms with Gasteiger partial charge in [-0.05, 0) is 56.5 Å². The van der Waals surface area contributed by atoms with E-state index in [4.69, 9.17) is 14.2 Å². The van der Waals surface area contributed by atoms with Gasteiger partial charge in [-0.15, -0.1) is 11.3 Å². The van der Waals surface area contributed by atoms with Gasteiger partial charge in [-0.2, -0.15) is 0 Å². The van der Waals surface area contributed by atoms with Gasteiger partial charge in [0.05, 0.1) is 18.3 Å². The van der Waals surface area contributed by atoms with Gasteiger partial charge in [0.15, 0.2) is 0 Å². The Bertz CT molecular complexity index is 1330. The zero-order valence-electron chi connectivity index (χ0n) is 19.9. The third-order valence-corrected chi connectivity index (χ3v) is 6.69. The summed E-state index contributed by atoms with van der Waals surface area (Å²) in [5, 5.41) is 0.473. The summed E-state index contributed by atoms with van der Waals surface area (Å²) in [7, 11) is 0. The van der Waals surface area contributed by atoms with Gasteiger partial charge >= 0.3 is 5.97 Å². The number of thiophene rings is 1. The maximum atomic E-state index is 13.0. The fraction of sp³-hybridized carbons (Fsp3) is 0.296. The minimum atomic E-state index is -0.471. The molecule has 2 aromatic carbocycles. The highest BCUT2D eigenvalue weighted by molar-refractivity contribution is 7.20. The minimum Gasteiger partial charge on any atom is -0.494 e. The summed E-state index contributed by atoms with van der Waals surface area (Å²) >= 11 is 1.18. The second-order valence-corrected chi connectivity index (χ2v) is 9.14. The molecule has 0 bridgehead atoms. The van der Waals surface area contributed by atoms with Crippen molar-refractivity contribution >= 4 is 27.5 Å². The molecule has 0 aliphatic rings. The maximum absolute atomic E-state index is 13.0. The molecule has 35 heavy (non-hydrogen) atoms. The maximum Gasteiger partial charge on any atom is 0.348 e. The second kappa shape index (κ2) is 11.7. The lowest BCUT2D eigenvalue weighted by Gasteiger charge is -2.08. The molecular weight excluding hydrogens is 464 g/mol. The molecule has 4 rings (SSSR count). The number of hydrogen-bond acceptors (Lipinski definition) is 7. The van der Waals surface area contributed by atoms with E-state index in [9.17, 15) is 9.59 Å².